The quantitative estimate of drug-likeness (QED) is 0.788. The molecule has 0 atom stereocenters. The molecule has 0 unspecified atom stereocenters. The minimum absolute atomic E-state index is 0.129. The monoisotopic (exact) mass is 281 g/mol. The smallest absolute Gasteiger partial charge is 0.410 e. The summed E-state index contributed by atoms with van der Waals surface area (Å²) in [7, 11) is -0.293. The number of carbonyl (C=O) groups is 1. The molecule has 0 heterocycles. The topological polar surface area (TPSA) is 29.5 Å². The minimum atomic E-state index is -0.293. The number of amides is 1. The molecular formula is C15H24NO2P. The van der Waals surface area contributed by atoms with Crippen LogP contribution < -0.4 is 10.0 Å². The number of hydrogen-bond donors (Lipinski definition) is 0. The Balaban J connectivity index is 2.93. The average molecular weight is 281 g/mol. The van der Waals surface area contributed by atoms with E-state index < -0.39 is 0 Å². The maximum Gasteiger partial charge on any atom is 0.415 e. The van der Waals surface area contributed by atoms with Crippen molar-refractivity contribution in [3.05, 3.63) is 24.3 Å². The second-order valence-electron chi connectivity index (χ2n) is 5.32. The van der Waals surface area contributed by atoms with Crippen LogP contribution >= 0.6 is 7.92 Å². The van der Waals surface area contributed by atoms with Crippen LogP contribution in [0, 0.1) is 0 Å². The normalized spacial score (nSPS) is 11.2. The Labute approximate surface area is 117 Å². The fourth-order valence-corrected chi connectivity index (χ4v) is 3.02. The molecule has 0 bridgehead atoms. The van der Waals surface area contributed by atoms with Gasteiger partial charge in [0.05, 0.1) is 0 Å². The Morgan fingerprint density at radius 1 is 1.11 bits per heavy atom. The van der Waals surface area contributed by atoms with Crippen LogP contribution in [0.2, 0.25) is 0 Å². The zero-order valence-electron chi connectivity index (χ0n) is 12.7. The molecule has 0 aliphatic heterocycles. The van der Waals surface area contributed by atoms with Crippen molar-refractivity contribution >= 4 is 19.3 Å². The van der Waals surface area contributed by atoms with Crippen molar-refractivity contribution in [2.45, 2.75) is 39.8 Å². The van der Waals surface area contributed by atoms with Gasteiger partial charge in [0.25, 0.3) is 0 Å². The van der Waals surface area contributed by atoms with Crippen LogP contribution in [-0.2, 0) is 0 Å². The fraction of sp³-hybridized carbons (Fsp3) is 0.533. The van der Waals surface area contributed by atoms with E-state index in [9.17, 15) is 4.79 Å². The highest BCUT2D eigenvalue weighted by atomic mass is 31.1. The van der Waals surface area contributed by atoms with Crippen molar-refractivity contribution in [3.63, 3.8) is 0 Å². The van der Waals surface area contributed by atoms with E-state index in [-0.39, 0.29) is 26.1 Å². The van der Waals surface area contributed by atoms with Crippen LogP contribution in [0.5, 0.6) is 5.75 Å². The largest absolute Gasteiger partial charge is 0.415 e. The summed E-state index contributed by atoms with van der Waals surface area (Å²) < 4.78 is 5.59. The fourth-order valence-electron chi connectivity index (χ4n) is 2.08. The zero-order valence-corrected chi connectivity index (χ0v) is 13.6. The summed E-state index contributed by atoms with van der Waals surface area (Å²) in [6.45, 7) is 12.3. The predicted octanol–water partition coefficient (Wildman–Crippen LogP) is 3.67. The van der Waals surface area contributed by atoms with Gasteiger partial charge in [0.2, 0.25) is 0 Å². The number of rotatable bonds is 4. The van der Waals surface area contributed by atoms with Crippen LogP contribution in [-0.4, -0.2) is 36.4 Å². The van der Waals surface area contributed by atoms with Crippen molar-refractivity contribution in [1.82, 2.24) is 4.90 Å². The van der Waals surface area contributed by atoms with Gasteiger partial charge >= 0.3 is 6.09 Å². The molecule has 106 valence electrons. The molecule has 0 aliphatic carbocycles. The van der Waals surface area contributed by atoms with Crippen molar-refractivity contribution in [2.24, 2.45) is 0 Å². The van der Waals surface area contributed by atoms with Crippen molar-refractivity contribution in [1.29, 1.82) is 0 Å². The molecule has 1 aromatic rings. The minimum Gasteiger partial charge on any atom is -0.410 e. The SMILES string of the molecule is CC(C)N(C(=O)Oc1ccccc1P(C)C)C(C)C. The molecule has 0 saturated heterocycles. The summed E-state index contributed by atoms with van der Waals surface area (Å²) in [4.78, 5) is 14.0. The van der Waals surface area contributed by atoms with Crippen molar-refractivity contribution < 1.29 is 9.53 Å². The first kappa shape index (κ1) is 16.0. The Hall–Kier alpha value is -1.08. The van der Waals surface area contributed by atoms with Gasteiger partial charge in [0.15, 0.2) is 0 Å². The van der Waals surface area contributed by atoms with Crippen molar-refractivity contribution in [2.75, 3.05) is 13.3 Å². The molecule has 0 spiro atoms. The van der Waals surface area contributed by atoms with Gasteiger partial charge in [-0.05, 0) is 47.1 Å². The molecule has 4 heteroatoms. The Bertz CT molecular complexity index is 422. The maximum atomic E-state index is 12.3. The molecular weight excluding hydrogens is 257 g/mol. The van der Waals surface area contributed by atoms with Gasteiger partial charge in [-0.25, -0.2) is 4.79 Å². The van der Waals surface area contributed by atoms with Gasteiger partial charge in [0.1, 0.15) is 5.75 Å². The number of ether oxygens (including phenoxy) is 1. The Kier molecular flexibility index (Phi) is 5.81. The van der Waals surface area contributed by atoms with Crippen LogP contribution in [0.25, 0.3) is 0 Å². The molecule has 1 rings (SSSR count). The van der Waals surface area contributed by atoms with Gasteiger partial charge in [0, 0.05) is 17.4 Å². The van der Waals surface area contributed by atoms with Gasteiger partial charge in [-0.1, -0.05) is 26.1 Å². The third-order valence-electron chi connectivity index (χ3n) is 2.87. The van der Waals surface area contributed by atoms with Gasteiger partial charge in [-0.3, -0.25) is 0 Å². The summed E-state index contributed by atoms with van der Waals surface area (Å²) in [5.74, 6) is 0.690. The van der Waals surface area contributed by atoms with E-state index in [0.29, 0.717) is 5.75 Å². The molecule has 0 N–H and O–H groups in total. The second kappa shape index (κ2) is 6.91. The first-order valence-corrected chi connectivity index (χ1v) is 8.84. The lowest BCUT2D eigenvalue weighted by molar-refractivity contribution is 0.123. The van der Waals surface area contributed by atoms with E-state index >= 15 is 0 Å². The van der Waals surface area contributed by atoms with Gasteiger partial charge in [-0.2, -0.15) is 0 Å². The molecule has 19 heavy (non-hydrogen) atoms. The van der Waals surface area contributed by atoms with E-state index in [1.165, 1.54) is 0 Å². The molecule has 1 amide bonds. The first-order valence-electron chi connectivity index (χ1n) is 6.61. The number of benzene rings is 1. The predicted molar refractivity (Wildman–Crippen MR) is 83.0 cm³/mol. The van der Waals surface area contributed by atoms with Crippen LogP contribution in [0.4, 0.5) is 4.79 Å². The van der Waals surface area contributed by atoms with E-state index in [4.69, 9.17) is 4.74 Å². The molecule has 0 radical (unpaired) electrons. The lowest BCUT2D eigenvalue weighted by Crippen LogP contribution is -2.44. The number of hydrogen-bond acceptors (Lipinski definition) is 2. The standard InChI is InChI=1S/C15H24NO2P/c1-11(2)16(12(3)4)15(17)18-13-9-7-8-10-14(13)19(5)6/h7-12H,1-6H3. The lowest BCUT2D eigenvalue weighted by atomic mass is 10.2. The van der Waals surface area contributed by atoms with E-state index in [0.717, 1.165) is 5.30 Å². The highest BCUT2D eigenvalue weighted by Gasteiger charge is 2.23. The Morgan fingerprint density at radius 2 is 1.63 bits per heavy atom. The van der Waals surface area contributed by atoms with Gasteiger partial charge in [-0.15, -0.1) is 0 Å². The number of nitrogens with zero attached hydrogens (tertiary/aromatic N) is 1. The molecule has 0 aliphatic rings. The average Bonchev–Trinajstić information content (AvgIpc) is 2.27. The molecule has 3 nitrogen and oxygen atoms in total. The third-order valence-corrected chi connectivity index (χ3v) is 4.20. The number of carbonyl (C=O) groups excluding carboxylic acids is 1. The molecule has 1 aromatic carbocycles. The third kappa shape index (κ3) is 4.21. The maximum absolute atomic E-state index is 12.3. The summed E-state index contributed by atoms with van der Waals surface area (Å²) in [5, 5.41) is 1.12. The first-order chi connectivity index (χ1) is 8.84. The molecule has 0 aromatic heterocycles. The summed E-state index contributed by atoms with van der Waals surface area (Å²) in [5.41, 5.74) is 0. The van der Waals surface area contributed by atoms with Gasteiger partial charge < -0.3 is 9.64 Å². The summed E-state index contributed by atoms with van der Waals surface area (Å²) in [6, 6.07) is 8.05. The summed E-state index contributed by atoms with van der Waals surface area (Å²) in [6.07, 6.45) is -0.269. The van der Waals surface area contributed by atoms with E-state index in [1.54, 1.807) is 4.90 Å². The Morgan fingerprint density at radius 3 is 2.11 bits per heavy atom. The second-order valence-corrected chi connectivity index (χ2v) is 7.60. The highest BCUT2D eigenvalue weighted by molar-refractivity contribution is 7.64. The van der Waals surface area contributed by atoms with E-state index in [2.05, 4.69) is 13.3 Å². The highest BCUT2D eigenvalue weighted by Crippen LogP contribution is 2.29. The number of para-hydroxylation sites is 1. The molecule has 0 fully saturated rings. The lowest BCUT2D eigenvalue weighted by Gasteiger charge is -2.30. The summed E-state index contributed by atoms with van der Waals surface area (Å²) >= 11 is 0. The van der Waals surface area contributed by atoms with Crippen LogP contribution in [0.15, 0.2) is 24.3 Å². The van der Waals surface area contributed by atoms with Crippen LogP contribution in [0.1, 0.15) is 27.7 Å². The molecule has 0 saturated carbocycles. The van der Waals surface area contributed by atoms with E-state index in [1.807, 2.05) is 52.0 Å². The van der Waals surface area contributed by atoms with Crippen LogP contribution in [0.3, 0.4) is 0 Å². The zero-order chi connectivity index (χ0) is 14.6. The van der Waals surface area contributed by atoms with Crippen molar-refractivity contribution in [3.8, 4) is 5.75 Å².